The quantitative estimate of drug-likeness (QED) is 0.287. The average Bonchev–Trinajstić information content (AvgIpc) is 2.94. The number of hydrogen-bond acceptors (Lipinski definition) is 4. The lowest BCUT2D eigenvalue weighted by molar-refractivity contribution is -0.862. The summed E-state index contributed by atoms with van der Waals surface area (Å²) in [6, 6.07) is 13.2. The molecule has 0 bridgehead atoms. The Kier molecular flexibility index (Phi) is 11.6. The van der Waals surface area contributed by atoms with Gasteiger partial charge in [0, 0.05) is 12.0 Å². The number of benzene rings is 2. The first-order valence-corrected chi connectivity index (χ1v) is 15.7. The normalized spacial score (nSPS) is 16.3. The summed E-state index contributed by atoms with van der Waals surface area (Å²) in [5.41, 5.74) is 4.33. The molecule has 0 aliphatic heterocycles. The van der Waals surface area contributed by atoms with Gasteiger partial charge in [0.05, 0.1) is 26.1 Å². The summed E-state index contributed by atoms with van der Waals surface area (Å²) < 4.78 is 0.478. The van der Waals surface area contributed by atoms with Gasteiger partial charge in [-0.2, -0.15) is 11.8 Å². The van der Waals surface area contributed by atoms with Gasteiger partial charge in [-0.1, -0.05) is 49.7 Å². The van der Waals surface area contributed by atoms with Crippen molar-refractivity contribution in [1.82, 2.24) is 5.32 Å². The lowest BCUT2D eigenvalue weighted by Crippen LogP contribution is -2.57. The van der Waals surface area contributed by atoms with E-state index in [9.17, 15) is 19.5 Å². The van der Waals surface area contributed by atoms with Gasteiger partial charge in [-0.3, -0.25) is 9.28 Å². The average molecular weight is 554 g/mol. The van der Waals surface area contributed by atoms with Crippen molar-refractivity contribution in [1.29, 1.82) is 0 Å². The Morgan fingerprint density at radius 1 is 1.08 bits per heavy atom. The number of likely N-dealkylation sites (N-methyl/N-ethyl adjacent to an activating group) is 1. The maximum Gasteiger partial charge on any atom is 0.326 e. The molecule has 0 saturated heterocycles. The Bertz CT molecular complexity index is 1140. The third-order valence-electron chi connectivity index (χ3n) is 8.26. The van der Waals surface area contributed by atoms with Crippen LogP contribution >= 0.6 is 11.8 Å². The smallest absolute Gasteiger partial charge is 0.326 e. The monoisotopic (exact) mass is 553 g/mol. The van der Waals surface area contributed by atoms with Gasteiger partial charge in [-0.25, -0.2) is 9.59 Å². The molecule has 1 saturated carbocycles. The third-order valence-corrected chi connectivity index (χ3v) is 8.90. The second kappa shape index (κ2) is 14.7. The molecule has 2 atom stereocenters. The predicted molar refractivity (Wildman–Crippen MR) is 160 cm³/mol. The van der Waals surface area contributed by atoms with Crippen LogP contribution in [0.2, 0.25) is 0 Å². The third kappa shape index (κ3) is 7.95. The largest absolute Gasteiger partial charge is 0.480 e. The van der Waals surface area contributed by atoms with Gasteiger partial charge in [0.25, 0.3) is 5.91 Å². The highest BCUT2D eigenvalue weighted by atomic mass is 32.2. The molecular weight excluding hydrogens is 508 g/mol. The minimum absolute atomic E-state index is 0.324. The van der Waals surface area contributed by atoms with Gasteiger partial charge in [0.2, 0.25) is 0 Å². The summed E-state index contributed by atoms with van der Waals surface area (Å²) in [5, 5.41) is 12.4. The fourth-order valence-electron chi connectivity index (χ4n) is 5.76. The maximum absolute atomic E-state index is 13.4. The fourth-order valence-corrected chi connectivity index (χ4v) is 6.24. The highest BCUT2D eigenvalue weighted by Gasteiger charge is 2.39. The standard InChI is InChI=1S/C32H44N2O4S/c1-5-11-30(35)34(3,25-13-7-6-8-14-25)20-18-24-16-17-27(28(22-24)26-15-10-9-12-23(26)2)31(36)33-29(32(37)38)19-21-39-4/h9-10,12,15-17,22,25,29H,5-8,11,13-14,18-21H2,1-4H3,(H-,33,36,37,38)/p+1/t29-,34?/m0/s1. The van der Waals surface area contributed by atoms with Crippen molar-refractivity contribution in [3.63, 3.8) is 0 Å². The summed E-state index contributed by atoms with van der Waals surface area (Å²) in [6.07, 6.45) is 10.3. The molecule has 1 fully saturated rings. The number of carbonyl (C=O) groups excluding carboxylic acids is 2. The molecule has 1 aliphatic rings. The molecule has 39 heavy (non-hydrogen) atoms. The van der Waals surface area contributed by atoms with E-state index in [1.54, 1.807) is 11.8 Å². The second-order valence-electron chi connectivity index (χ2n) is 11.0. The van der Waals surface area contributed by atoms with Crippen LogP contribution in [0.5, 0.6) is 0 Å². The number of amides is 2. The van der Waals surface area contributed by atoms with E-state index in [1.165, 1.54) is 19.3 Å². The van der Waals surface area contributed by atoms with Crippen LogP contribution < -0.4 is 5.32 Å². The van der Waals surface area contributed by atoms with E-state index in [-0.39, 0.29) is 5.91 Å². The molecule has 3 rings (SSSR count). The van der Waals surface area contributed by atoms with Gasteiger partial charge in [-0.15, -0.1) is 0 Å². The molecule has 6 nitrogen and oxygen atoms in total. The fraction of sp³-hybridized carbons (Fsp3) is 0.531. The minimum Gasteiger partial charge on any atom is -0.480 e. The van der Waals surface area contributed by atoms with Crippen LogP contribution in [0.1, 0.15) is 79.8 Å². The summed E-state index contributed by atoms with van der Waals surface area (Å²) in [7, 11) is 2.12. The molecule has 0 heterocycles. The summed E-state index contributed by atoms with van der Waals surface area (Å²) >= 11 is 1.56. The highest BCUT2D eigenvalue weighted by molar-refractivity contribution is 7.98. The molecule has 0 radical (unpaired) electrons. The van der Waals surface area contributed by atoms with Crippen molar-refractivity contribution in [3.05, 3.63) is 59.2 Å². The Labute approximate surface area is 238 Å². The number of quaternary nitrogens is 1. The number of carbonyl (C=O) groups is 3. The van der Waals surface area contributed by atoms with Crippen molar-refractivity contribution >= 4 is 29.5 Å². The van der Waals surface area contributed by atoms with Crippen LogP contribution in [0, 0.1) is 6.92 Å². The van der Waals surface area contributed by atoms with Gasteiger partial charge in [0.15, 0.2) is 0 Å². The number of thioether (sulfide) groups is 1. The Balaban J connectivity index is 1.93. The molecule has 0 spiro atoms. The van der Waals surface area contributed by atoms with Crippen LogP contribution in [0.15, 0.2) is 42.5 Å². The Morgan fingerprint density at radius 2 is 1.79 bits per heavy atom. The molecule has 7 heteroatoms. The zero-order chi connectivity index (χ0) is 28.4. The molecule has 1 unspecified atom stereocenters. The zero-order valence-corrected chi connectivity index (χ0v) is 24.8. The number of nitrogens with zero attached hydrogens (tertiary/aromatic N) is 1. The lowest BCUT2D eigenvalue weighted by atomic mass is 9.90. The van der Waals surface area contributed by atoms with E-state index in [0.717, 1.165) is 54.5 Å². The Morgan fingerprint density at radius 3 is 2.44 bits per heavy atom. The van der Waals surface area contributed by atoms with E-state index in [1.807, 2.05) is 49.6 Å². The zero-order valence-electron chi connectivity index (χ0n) is 24.0. The summed E-state index contributed by atoms with van der Waals surface area (Å²) in [4.78, 5) is 38.6. The van der Waals surface area contributed by atoms with Crippen LogP contribution in [0.4, 0.5) is 0 Å². The van der Waals surface area contributed by atoms with Crippen LogP contribution in [0.3, 0.4) is 0 Å². The van der Waals surface area contributed by atoms with Crippen molar-refractivity contribution in [3.8, 4) is 11.1 Å². The number of hydrogen-bond donors (Lipinski definition) is 2. The number of rotatable bonds is 13. The van der Waals surface area contributed by atoms with Crippen molar-refractivity contribution in [2.45, 2.75) is 83.7 Å². The number of aliphatic carboxylic acids is 1. The predicted octanol–water partition coefficient (Wildman–Crippen LogP) is 6.25. The van der Waals surface area contributed by atoms with Crippen LogP contribution in [-0.2, 0) is 16.0 Å². The molecule has 2 N–H and O–H groups in total. The number of carboxylic acid groups (broad SMARTS) is 1. The molecule has 1 aliphatic carbocycles. The minimum atomic E-state index is -1.03. The van der Waals surface area contributed by atoms with Crippen LogP contribution in [-0.4, -0.2) is 65.1 Å². The summed E-state index contributed by atoms with van der Waals surface area (Å²) in [6.45, 7) is 4.82. The first kappa shape index (κ1) is 30.9. The molecule has 2 aromatic rings. The van der Waals surface area contributed by atoms with Gasteiger partial charge in [0.1, 0.15) is 6.04 Å². The van der Waals surface area contributed by atoms with E-state index in [4.69, 9.17) is 0 Å². The van der Waals surface area contributed by atoms with Crippen molar-refractivity contribution < 1.29 is 24.0 Å². The number of aryl methyl sites for hydroxylation is 1. The topological polar surface area (TPSA) is 83.5 Å². The maximum atomic E-state index is 13.4. The van der Waals surface area contributed by atoms with Gasteiger partial charge < -0.3 is 10.4 Å². The van der Waals surface area contributed by atoms with Crippen LogP contribution in [0.25, 0.3) is 11.1 Å². The highest BCUT2D eigenvalue weighted by Crippen LogP contribution is 2.31. The molecule has 0 aromatic heterocycles. The lowest BCUT2D eigenvalue weighted by Gasteiger charge is -2.41. The molecule has 2 aromatic carbocycles. The van der Waals surface area contributed by atoms with E-state index in [0.29, 0.717) is 40.6 Å². The number of nitrogens with one attached hydrogen (secondary N) is 1. The molecular formula is C32H45N2O4S+. The first-order chi connectivity index (χ1) is 18.7. The van der Waals surface area contributed by atoms with Gasteiger partial charge in [-0.05, 0) is 85.8 Å². The summed E-state index contributed by atoms with van der Waals surface area (Å²) in [5.74, 6) is -0.433. The molecule has 2 amide bonds. The van der Waals surface area contributed by atoms with Crippen molar-refractivity contribution in [2.75, 3.05) is 25.6 Å². The van der Waals surface area contributed by atoms with E-state index < -0.39 is 12.0 Å². The molecule has 212 valence electrons. The first-order valence-electron chi connectivity index (χ1n) is 14.3. The SMILES string of the molecule is CCCC(=O)[N+](C)(CCc1ccc(C(=O)N[C@@H](CCSC)C(=O)O)c(-c2ccccc2C)c1)C1CCCCC1. The van der Waals surface area contributed by atoms with Gasteiger partial charge >= 0.3 is 11.9 Å². The number of carboxylic acids is 1. The van der Waals surface area contributed by atoms with Crippen molar-refractivity contribution in [2.24, 2.45) is 0 Å². The second-order valence-corrected chi connectivity index (χ2v) is 12.0. The van der Waals surface area contributed by atoms with E-state index in [2.05, 4.69) is 25.4 Å². The Hall–Kier alpha value is -2.64. The van der Waals surface area contributed by atoms with E-state index >= 15 is 0 Å².